The molecule has 0 aliphatic heterocycles. The third kappa shape index (κ3) is 3.39. The third-order valence-corrected chi connectivity index (χ3v) is 3.33. The van der Waals surface area contributed by atoms with Crippen LogP contribution in [0.4, 0.5) is 5.82 Å². The van der Waals surface area contributed by atoms with Gasteiger partial charge in [0.2, 0.25) is 0 Å². The normalized spacial score (nSPS) is 12.0. The Morgan fingerprint density at radius 3 is 2.71 bits per heavy atom. The van der Waals surface area contributed by atoms with Gasteiger partial charge in [0.15, 0.2) is 0 Å². The first-order valence-electron chi connectivity index (χ1n) is 6.83. The van der Waals surface area contributed by atoms with Gasteiger partial charge in [0, 0.05) is 44.7 Å². The van der Waals surface area contributed by atoms with Crippen LogP contribution in [0.5, 0.6) is 0 Å². The molecule has 0 aromatic carbocycles. The van der Waals surface area contributed by atoms with Gasteiger partial charge in [-0.3, -0.25) is 9.48 Å². The molecule has 1 amide bonds. The van der Waals surface area contributed by atoms with E-state index in [1.54, 1.807) is 23.0 Å². The number of nitrogens with one attached hydrogen (secondary N) is 1. The Labute approximate surface area is 124 Å². The zero-order chi connectivity index (χ0) is 15.6. The Morgan fingerprint density at radius 2 is 2.14 bits per heavy atom. The number of aromatic nitrogens is 3. The van der Waals surface area contributed by atoms with Crippen molar-refractivity contribution in [1.29, 1.82) is 0 Å². The lowest BCUT2D eigenvalue weighted by atomic mass is 10.1. The lowest BCUT2D eigenvalue weighted by Gasteiger charge is -2.15. The standard InChI is InChI=1S/C15H21N5O/c1-10(13-9-20(5)18-11(13)2)17-15(21)12-6-7-16-14(8-12)19(3)4/h6-10H,1-5H3,(H,17,21)/t10-/m0/s1. The Balaban J connectivity index is 2.14. The van der Waals surface area contributed by atoms with Gasteiger partial charge in [-0.2, -0.15) is 5.10 Å². The largest absolute Gasteiger partial charge is 0.363 e. The Hall–Kier alpha value is -2.37. The van der Waals surface area contributed by atoms with Gasteiger partial charge in [0.05, 0.1) is 11.7 Å². The lowest BCUT2D eigenvalue weighted by Crippen LogP contribution is -2.27. The summed E-state index contributed by atoms with van der Waals surface area (Å²) < 4.78 is 1.75. The summed E-state index contributed by atoms with van der Waals surface area (Å²) in [4.78, 5) is 18.4. The number of pyridine rings is 1. The number of anilines is 1. The molecule has 1 N–H and O–H groups in total. The number of carbonyl (C=O) groups is 1. The van der Waals surface area contributed by atoms with Crippen LogP contribution in [-0.2, 0) is 7.05 Å². The summed E-state index contributed by atoms with van der Waals surface area (Å²) >= 11 is 0. The minimum absolute atomic E-state index is 0.0952. The molecule has 0 saturated carbocycles. The summed E-state index contributed by atoms with van der Waals surface area (Å²) in [5.74, 6) is 0.643. The highest BCUT2D eigenvalue weighted by Gasteiger charge is 2.16. The average Bonchev–Trinajstić information content (AvgIpc) is 2.77. The van der Waals surface area contributed by atoms with Crippen LogP contribution in [0.3, 0.4) is 0 Å². The van der Waals surface area contributed by atoms with E-state index in [-0.39, 0.29) is 11.9 Å². The molecule has 0 fully saturated rings. The predicted octanol–water partition coefficient (Wildman–Crippen LogP) is 1.68. The molecule has 0 aliphatic rings. The molecule has 2 aromatic rings. The number of aryl methyl sites for hydroxylation is 2. The predicted molar refractivity (Wildman–Crippen MR) is 82.4 cm³/mol. The van der Waals surface area contributed by atoms with Crippen LogP contribution in [0.15, 0.2) is 24.5 Å². The summed E-state index contributed by atoms with van der Waals surface area (Å²) in [7, 11) is 5.66. The highest BCUT2D eigenvalue weighted by atomic mass is 16.1. The second-order valence-electron chi connectivity index (χ2n) is 5.34. The van der Waals surface area contributed by atoms with Crippen LogP contribution in [0.2, 0.25) is 0 Å². The van der Waals surface area contributed by atoms with Crippen molar-refractivity contribution in [2.24, 2.45) is 7.05 Å². The van der Waals surface area contributed by atoms with Crippen molar-refractivity contribution in [3.8, 4) is 0 Å². The maximum atomic E-state index is 12.3. The van der Waals surface area contributed by atoms with Crippen molar-refractivity contribution >= 4 is 11.7 Å². The van der Waals surface area contributed by atoms with Gasteiger partial charge in [-0.1, -0.05) is 0 Å². The number of nitrogens with zero attached hydrogens (tertiary/aromatic N) is 4. The molecule has 0 bridgehead atoms. The van der Waals surface area contributed by atoms with E-state index in [0.717, 1.165) is 17.1 Å². The molecule has 21 heavy (non-hydrogen) atoms. The van der Waals surface area contributed by atoms with Crippen LogP contribution in [0.1, 0.15) is 34.6 Å². The highest BCUT2D eigenvalue weighted by Crippen LogP contribution is 2.17. The Morgan fingerprint density at radius 1 is 1.43 bits per heavy atom. The van der Waals surface area contributed by atoms with Gasteiger partial charge < -0.3 is 10.2 Å². The molecule has 2 rings (SSSR count). The molecule has 0 spiro atoms. The van der Waals surface area contributed by atoms with Crippen molar-refractivity contribution in [1.82, 2.24) is 20.1 Å². The topological polar surface area (TPSA) is 63.1 Å². The quantitative estimate of drug-likeness (QED) is 0.929. The molecule has 6 heteroatoms. The first-order chi connectivity index (χ1) is 9.88. The summed E-state index contributed by atoms with van der Waals surface area (Å²) in [6, 6.07) is 3.39. The van der Waals surface area contributed by atoms with Gasteiger partial charge in [-0.25, -0.2) is 4.98 Å². The number of hydrogen-bond donors (Lipinski definition) is 1. The smallest absolute Gasteiger partial charge is 0.251 e. The SMILES string of the molecule is Cc1nn(C)cc1[C@H](C)NC(=O)c1ccnc(N(C)C)c1. The van der Waals surface area contributed by atoms with E-state index in [2.05, 4.69) is 15.4 Å². The van der Waals surface area contributed by atoms with Crippen molar-refractivity contribution in [3.05, 3.63) is 41.3 Å². The second-order valence-corrected chi connectivity index (χ2v) is 5.34. The number of amides is 1. The van der Waals surface area contributed by atoms with E-state index in [9.17, 15) is 4.79 Å². The molecule has 0 aliphatic carbocycles. The van der Waals surface area contributed by atoms with Crippen LogP contribution in [0.25, 0.3) is 0 Å². The van der Waals surface area contributed by atoms with Gasteiger partial charge >= 0.3 is 0 Å². The molecule has 2 heterocycles. The van der Waals surface area contributed by atoms with Crippen LogP contribution < -0.4 is 10.2 Å². The van der Waals surface area contributed by atoms with Gasteiger partial charge in [-0.05, 0) is 26.0 Å². The molecule has 1 atom stereocenters. The van der Waals surface area contributed by atoms with Crippen molar-refractivity contribution < 1.29 is 4.79 Å². The van der Waals surface area contributed by atoms with E-state index in [0.29, 0.717) is 5.56 Å². The maximum absolute atomic E-state index is 12.3. The van der Waals surface area contributed by atoms with Crippen molar-refractivity contribution in [2.75, 3.05) is 19.0 Å². The van der Waals surface area contributed by atoms with E-state index in [1.165, 1.54) is 0 Å². The maximum Gasteiger partial charge on any atom is 0.251 e. The van der Waals surface area contributed by atoms with Gasteiger partial charge in [0.25, 0.3) is 5.91 Å². The molecule has 2 aromatic heterocycles. The van der Waals surface area contributed by atoms with E-state index in [4.69, 9.17) is 0 Å². The first kappa shape index (κ1) is 15.0. The summed E-state index contributed by atoms with van der Waals surface area (Å²) in [5.41, 5.74) is 2.55. The van der Waals surface area contributed by atoms with Crippen molar-refractivity contribution in [2.45, 2.75) is 19.9 Å². The fraction of sp³-hybridized carbons (Fsp3) is 0.400. The molecule has 112 valence electrons. The monoisotopic (exact) mass is 287 g/mol. The molecule has 6 nitrogen and oxygen atoms in total. The summed E-state index contributed by atoms with van der Waals surface area (Å²) in [5, 5.41) is 7.29. The summed E-state index contributed by atoms with van der Waals surface area (Å²) in [6.45, 7) is 3.89. The number of rotatable bonds is 4. The minimum Gasteiger partial charge on any atom is -0.363 e. The van der Waals surface area contributed by atoms with E-state index in [1.807, 2.05) is 46.1 Å². The third-order valence-electron chi connectivity index (χ3n) is 3.33. The Kier molecular flexibility index (Phi) is 4.26. The fourth-order valence-corrected chi connectivity index (χ4v) is 2.20. The summed E-state index contributed by atoms with van der Waals surface area (Å²) in [6.07, 6.45) is 3.57. The van der Waals surface area contributed by atoms with Crippen LogP contribution in [-0.4, -0.2) is 34.8 Å². The minimum atomic E-state index is -0.115. The molecule has 0 saturated heterocycles. The number of carbonyl (C=O) groups excluding carboxylic acids is 1. The van der Waals surface area contributed by atoms with Crippen LogP contribution in [0, 0.1) is 6.92 Å². The average molecular weight is 287 g/mol. The van der Waals surface area contributed by atoms with E-state index >= 15 is 0 Å². The molecular formula is C15H21N5O. The van der Waals surface area contributed by atoms with Crippen LogP contribution >= 0.6 is 0 Å². The van der Waals surface area contributed by atoms with Crippen molar-refractivity contribution in [3.63, 3.8) is 0 Å². The van der Waals surface area contributed by atoms with Gasteiger partial charge in [0.1, 0.15) is 5.82 Å². The first-order valence-corrected chi connectivity index (χ1v) is 6.83. The zero-order valence-electron chi connectivity index (χ0n) is 13.1. The zero-order valence-corrected chi connectivity index (χ0v) is 13.1. The lowest BCUT2D eigenvalue weighted by molar-refractivity contribution is 0.0939. The van der Waals surface area contributed by atoms with Gasteiger partial charge in [-0.15, -0.1) is 0 Å². The molecule has 0 unspecified atom stereocenters. The highest BCUT2D eigenvalue weighted by molar-refractivity contribution is 5.95. The molecule has 0 radical (unpaired) electrons. The Bertz CT molecular complexity index is 647. The van der Waals surface area contributed by atoms with E-state index < -0.39 is 0 Å². The second kappa shape index (κ2) is 5.95. The number of hydrogen-bond acceptors (Lipinski definition) is 4. The molecular weight excluding hydrogens is 266 g/mol. The fourth-order valence-electron chi connectivity index (χ4n) is 2.20.